The van der Waals surface area contributed by atoms with E-state index in [0.717, 1.165) is 57.5 Å². The van der Waals surface area contributed by atoms with Gasteiger partial charge in [-0.1, -0.05) is 44.2 Å². The van der Waals surface area contributed by atoms with Crippen LogP contribution >= 0.6 is 0 Å². The lowest BCUT2D eigenvalue weighted by Gasteiger charge is -2.37. The van der Waals surface area contributed by atoms with E-state index in [1.54, 1.807) is 0 Å². The molecular formula is C21H31N3O2. The van der Waals surface area contributed by atoms with Crippen molar-refractivity contribution in [3.05, 3.63) is 35.9 Å². The zero-order valence-electron chi connectivity index (χ0n) is 16.1. The molecule has 1 aromatic carbocycles. The number of amides is 2. The fourth-order valence-corrected chi connectivity index (χ4v) is 4.22. The molecule has 0 spiro atoms. The molecule has 2 atom stereocenters. The number of benzene rings is 1. The number of nitrogens with zero attached hydrogens (tertiary/aromatic N) is 3. The summed E-state index contributed by atoms with van der Waals surface area (Å²) in [5, 5.41) is 0. The standard InChI is InChI=1S/C21H31N3O2/c1-3-18(17-9-6-5-7-10-17)20(25)24-12-8-11-19(24)21(26)23-15-13-22(4-2)14-16-23/h5-7,9-10,18-19H,3-4,8,11-16H2,1-2H3. The van der Waals surface area contributed by atoms with Crippen LogP contribution in [0.15, 0.2) is 30.3 Å². The second-order valence-corrected chi connectivity index (χ2v) is 7.32. The van der Waals surface area contributed by atoms with Crippen LogP contribution in [0.4, 0.5) is 0 Å². The Morgan fingerprint density at radius 3 is 2.35 bits per heavy atom. The lowest BCUT2D eigenvalue weighted by atomic mass is 9.94. The van der Waals surface area contributed by atoms with Gasteiger partial charge in [-0.2, -0.15) is 0 Å². The molecule has 26 heavy (non-hydrogen) atoms. The minimum Gasteiger partial charge on any atom is -0.338 e. The SMILES string of the molecule is CCC(C(=O)N1CCCC1C(=O)N1CCN(CC)CC1)c1ccccc1. The predicted octanol–water partition coefficient (Wildman–Crippen LogP) is 2.34. The largest absolute Gasteiger partial charge is 0.338 e. The first kappa shape index (κ1) is 18.9. The van der Waals surface area contributed by atoms with E-state index in [9.17, 15) is 9.59 Å². The summed E-state index contributed by atoms with van der Waals surface area (Å²) in [6.07, 6.45) is 2.47. The van der Waals surface area contributed by atoms with Crippen molar-refractivity contribution in [1.82, 2.24) is 14.7 Å². The molecule has 0 radical (unpaired) electrons. The van der Waals surface area contributed by atoms with Gasteiger partial charge in [0.25, 0.3) is 0 Å². The molecule has 0 bridgehead atoms. The number of carbonyl (C=O) groups excluding carboxylic acids is 2. The highest BCUT2D eigenvalue weighted by Gasteiger charge is 2.39. The molecule has 2 aliphatic heterocycles. The van der Waals surface area contributed by atoms with E-state index in [1.807, 2.05) is 47.1 Å². The third kappa shape index (κ3) is 3.93. The molecule has 0 N–H and O–H groups in total. The lowest BCUT2D eigenvalue weighted by Crippen LogP contribution is -2.54. The van der Waals surface area contributed by atoms with Gasteiger partial charge in [-0.3, -0.25) is 9.59 Å². The number of hydrogen-bond donors (Lipinski definition) is 0. The molecule has 142 valence electrons. The summed E-state index contributed by atoms with van der Waals surface area (Å²) in [6.45, 7) is 9.37. The first-order valence-corrected chi connectivity index (χ1v) is 10.0. The molecule has 5 heteroatoms. The molecule has 0 saturated carbocycles. The van der Waals surface area contributed by atoms with Crippen molar-refractivity contribution in [2.45, 2.75) is 45.1 Å². The van der Waals surface area contributed by atoms with Crippen molar-refractivity contribution in [2.24, 2.45) is 0 Å². The van der Waals surface area contributed by atoms with E-state index < -0.39 is 0 Å². The fraction of sp³-hybridized carbons (Fsp3) is 0.619. The molecule has 2 heterocycles. The second-order valence-electron chi connectivity index (χ2n) is 7.32. The fourth-order valence-electron chi connectivity index (χ4n) is 4.22. The maximum absolute atomic E-state index is 13.2. The van der Waals surface area contributed by atoms with E-state index in [2.05, 4.69) is 11.8 Å². The summed E-state index contributed by atoms with van der Waals surface area (Å²) in [4.78, 5) is 32.5. The Morgan fingerprint density at radius 2 is 1.73 bits per heavy atom. The second kappa shape index (κ2) is 8.67. The molecule has 1 aromatic rings. The average molecular weight is 357 g/mol. The van der Waals surface area contributed by atoms with Crippen LogP contribution in [-0.4, -0.2) is 71.8 Å². The Balaban J connectivity index is 1.69. The topological polar surface area (TPSA) is 43.9 Å². The lowest BCUT2D eigenvalue weighted by molar-refractivity contribution is -0.145. The summed E-state index contributed by atoms with van der Waals surface area (Å²) in [5.74, 6) is 0.109. The summed E-state index contributed by atoms with van der Waals surface area (Å²) in [7, 11) is 0. The Bertz CT molecular complexity index is 611. The van der Waals surface area contributed by atoms with E-state index in [1.165, 1.54) is 0 Å². The smallest absolute Gasteiger partial charge is 0.245 e. The van der Waals surface area contributed by atoms with Gasteiger partial charge in [0.2, 0.25) is 11.8 Å². The Hall–Kier alpha value is -1.88. The summed E-state index contributed by atoms with van der Waals surface area (Å²) >= 11 is 0. The van der Waals surface area contributed by atoms with Crippen LogP contribution in [0.25, 0.3) is 0 Å². The van der Waals surface area contributed by atoms with E-state index in [-0.39, 0.29) is 23.8 Å². The zero-order chi connectivity index (χ0) is 18.5. The zero-order valence-corrected chi connectivity index (χ0v) is 16.1. The van der Waals surface area contributed by atoms with Gasteiger partial charge in [-0.05, 0) is 31.4 Å². The van der Waals surface area contributed by atoms with Gasteiger partial charge in [0, 0.05) is 32.7 Å². The number of likely N-dealkylation sites (tertiary alicyclic amines) is 1. The van der Waals surface area contributed by atoms with Gasteiger partial charge in [0.15, 0.2) is 0 Å². The molecule has 2 unspecified atom stereocenters. The molecule has 3 rings (SSSR count). The molecule has 0 aliphatic carbocycles. The third-order valence-electron chi connectivity index (χ3n) is 5.86. The van der Waals surface area contributed by atoms with Crippen LogP contribution in [0, 0.1) is 0 Å². The maximum Gasteiger partial charge on any atom is 0.245 e. The van der Waals surface area contributed by atoms with E-state index in [0.29, 0.717) is 6.54 Å². The summed E-state index contributed by atoms with van der Waals surface area (Å²) in [6, 6.07) is 9.69. The van der Waals surface area contributed by atoms with Crippen LogP contribution in [-0.2, 0) is 9.59 Å². The van der Waals surface area contributed by atoms with Crippen molar-refractivity contribution in [3.63, 3.8) is 0 Å². The highest BCUT2D eigenvalue weighted by Crippen LogP contribution is 2.28. The van der Waals surface area contributed by atoms with Crippen molar-refractivity contribution in [2.75, 3.05) is 39.3 Å². The number of carbonyl (C=O) groups is 2. The minimum absolute atomic E-state index is 0.113. The highest BCUT2D eigenvalue weighted by molar-refractivity contribution is 5.91. The molecule has 2 aliphatic rings. The molecule has 2 saturated heterocycles. The Morgan fingerprint density at radius 1 is 1.04 bits per heavy atom. The van der Waals surface area contributed by atoms with Crippen LogP contribution < -0.4 is 0 Å². The average Bonchev–Trinajstić information content (AvgIpc) is 3.18. The molecular weight excluding hydrogens is 326 g/mol. The third-order valence-corrected chi connectivity index (χ3v) is 5.86. The minimum atomic E-state index is -0.270. The van der Waals surface area contributed by atoms with Crippen molar-refractivity contribution < 1.29 is 9.59 Å². The molecule has 0 aromatic heterocycles. The van der Waals surface area contributed by atoms with Crippen molar-refractivity contribution >= 4 is 11.8 Å². The quantitative estimate of drug-likeness (QED) is 0.812. The van der Waals surface area contributed by atoms with Gasteiger partial charge in [-0.15, -0.1) is 0 Å². The number of rotatable bonds is 5. The van der Waals surface area contributed by atoms with Crippen LogP contribution in [0.3, 0.4) is 0 Å². The van der Waals surface area contributed by atoms with Gasteiger partial charge in [0.05, 0.1) is 5.92 Å². The molecule has 2 fully saturated rings. The number of likely N-dealkylation sites (N-methyl/N-ethyl adjacent to an activating group) is 1. The molecule has 5 nitrogen and oxygen atoms in total. The van der Waals surface area contributed by atoms with E-state index >= 15 is 0 Å². The maximum atomic E-state index is 13.2. The Labute approximate surface area is 156 Å². The van der Waals surface area contributed by atoms with Crippen LogP contribution in [0.2, 0.25) is 0 Å². The van der Waals surface area contributed by atoms with Crippen LogP contribution in [0.5, 0.6) is 0 Å². The van der Waals surface area contributed by atoms with Gasteiger partial charge in [-0.25, -0.2) is 0 Å². The first-order chi connectivity index (χ1) is 12.7. The highest BCUT2D eigenvalue weighted by atomic mass is 16.2. The first-order valence-electron chi connectivity index (χ1n) is 10.0. The van der Waals surface area contributed by atoms with Gasteiger partial charge >= 0.3 is 0 Å². The number of piperazine rings is 1. The monoisotopic (exact) mass is 357 g/mol. The van der Waals surface area contributed by atoms with Gasteiger partial charge < -0.3 is 14.7 Å². The van der Waals surface area contributed by atoms with Crippen molar-refractivity contribution in [1.29, 1.82) is 0 Å². The summed E-state index contributed by atoms with van der Waals surface area (Å²) < 4.78 is 0. The Kier molecular flexibility index (Phi) is 6.30. The molecule has 2 amide bonds. The van der Waals surface area contributed by atoms with E-state index in [4.69, 9.17) is 0 Å². The van der Waals surface area contributed by atoms with Crippen molar-refractivity contribution in [3.8, 4) is 0 Å². The van der Waals surface area contributed by atoms with Crippen LogP contribution in [0.1, 0.15) is 44.6 Å². The normalized spacial score (nSPS) is 22.5. The summed E-state index contributed by atoms with van der Waals surface area (Å²) in [5.41, 5.74) is 1.05. The van der Waals surface area contributed by atoms with Gasteiger partial charge in [0.1, 0.15) is 6.04 Å². The predicted molar refractivity (Wildman–Crippen MR) is 103 cm³/mol. The number of hydrogen-bond acceptors (Lipinski definition) is 3.